The Balaban J connectivity index is 2.11. The molecule has 0 spiro atoms. The predicted molar refractivity (Wildman–Crippen MR) is 77.7 cm³/mol. The zero-order valence-electron chi connectivity index (χ0n) is 10.1. The summed E-state index contributed by atoms with van der Waals surface area (Å²) in [4.78, 5) is 0.159. The van der Waals surface area contributed by atoms with Crippen LogP contribution in [-0.4, -0.2) is 25.7 Å². The van der Waals surface area contributed by atoms with Crippen molar-refractivity contribution in [1.82, 2.24) is 4.72 Å². The van der Waals surface area contributed by atoms with E-state index in [1.807, 2.05) is 0 Å². The molecule has 1 saturated carbocycles. The third kappa shape index (κ3) is 3.92. The largest absolute Gasteiger partial charge is 0.393 e. The molecule has 0 saturated heterocycles. The molecule has 0 heterocycles. The molecule has 2 rings (SSSR count). The molecule has 19 heavy (non-hydrogen) atoms. The van der Waals surface area contributed by atoms with Gasteiger partial charge in [-0.1, -0.05) is 11.6 Å². The van der Waals surface area contributed by atoms with Gasteiger partial charge in [0.2, 0.25) is 10.0 Å². The maximum Gasteiger partial charge on any atom is 0.240 e. The normalized spacial score (nSPS) is 24.4. The summed E-state index contributed by atoms with van der Waals surface area (Å²) in [6, 6.07) is 4.43. The third-order valence-electron chi connectivity index (χ3n) is 3.22. The van der Waals surface area contributed by atoms with Crippen molar-refractivity contribution in [2.75, 3.05) is 0 Å². The van der Waals surface area contributed by atoms with Gasteiger partial charge >= 0.3 is 0 Å². The molecule has 1 aromatic rings. The monoisotopic (exact) mass is 367 g/mol. The van der Waals surface area contributed by atoms with Crippen LogP contribution in [0.1, 0.15) is 25.7 Å². The second kappa shape index (κ2) is 6.10. The molecule has 1 aliphatic carbocycles. The van der Waals surface area contributed by atoms with E-state index in [1.54, 1.807) is 6.07 Å². The van der Waals surface area contributed by atoms with Crippen molar-refractivity contribution in [2.24, 2.45) is 0 Å². The molecule has 2 N–H and O–H groups in total. The van der Waals surface area contributed by atoms with Crippen molar-refractivity contribution >= 4 is 37.6 Å². The molecule has 106 valence electrons. The maximum absolute atomic E-state index is 12.2. The lowest BCUT2D eigenvalue weighted by Crippen LogP contribution is -2.38. The summed E-state index contributed by atoms with van der Waals surface area (Å²) in [7, 11) is -3.55. The molecule has 0 atom stereocenters. The summed E-state index contributed by atoms with van der Waals surface area (Å²) in [5.41, 5.74) is 0. The molecule has 1 fully saturated rings. The van der Waals surface area contributed by atoms with Gasteiger partial charge in [0.05, 0.1) is 16.0 Å². The summed E-state index contributed by atoms with van der Waals surface area (Å²) in [6.07, 6.45) is 2.28. The first-order chi connectivity index (χ1) is 8.88. The molecular formula is C12H15BrClNO3S. The second-order valence-electron chi connectivity index (χ2n) is 4.70. The van der Waals surface area contributed by atoms with Gasteiger partial charge < -0.3 is 5.11 Å². The van der Waals surface area contributed by atoms with Crippen molar-refractivity contribution in [1.29, 1.82) is 0 Å². The topological polar surface area (TPSA) is 66.4 Å². The van der Waals surface area contributed by atoms with Crippen LogP contribution in [0.25, 0.3) is 0 Å². The lowest BCUT2D eigenvalue weighted by Gasteiger charge is -2.26. The highest BCUT2D eigenvalue weighted by atomic mass is 79.9. The number of hydrogen-bond donors (Lipinski definition) is 2. The van der Waals surface area contributed by atoms with Crippen LogP contribution in [0.2, 0.25) is 5.02 Å². The number of sulfonamides is 1. The van der Waals surface area contributed by atoms with Crippen LogP contribution in [0.3, 0.4) is 0 Å². The highest BCUT2D eigenvalue weighted by Gasteiger charge is 2.25. The number of aliphatic hydroxyl groups excluding tert-OH is 1. The Bertz CT molecular complexity index is 556. The first-order valence-corrected chi connectivity index (χ1v) is 8.69. The Morgan fingerprint density at radius 3 is 2.47 bits per heavy atom. The van der Waals surface area contributed by atoms with Gasteiger partial charge in [-0.15, -0.1) is 0 Å². The number of rotatable bonds is 3. The van der Waals surface area contributed by atoms with Crippen LogP contribution in [0.5, 0.6) is 0 Å². The quantitative estimate of drug-likeness (QED) is 0.862. The highest BCUT2D eigenvalue weighted by Crippen LogP contribution is 2.26. The molecule has 0 unspecified atom stereocenters. The minimum Gasteiger partial charge on any atom is -0.393 e. The lowest BCUT2D eigenvalue weighted by molar-refractivity contribution is 0.120. The smallest absolute Gasteiger partial charge is 0.240 e. The third-order valence-corrected chi connectivity index (χ3v) is 5.97. The zero-order valence-corrected chi connectivity index (χ0v) is 13.3. The van der Waals surface area contributed by atoms with E-state index >= 15 is 0 Å². The van der Waals surface area contributed by atoms with Gasteiger partial charge in [-0.3, -0.25) is 0 Å². The van der Waals surface area contributed by atoms with Crippen LogP contribution in [0.15, 0.2) is 27.6 Å². The molecule has 0 radical (unpaired) electrons. The van der Waals surface area contributed by atoms with E-state index in [-0.39, 0.29) is 17.0 Å². The van der Waals surface area contributed by atoms with Gasteiger partial charge in [0.25, 0.3) is 0 Å². The van der Waals surface area contributed by atoms with Gasteiger partial charge in [-0.25, -0.2) is 13.1 Å². The second-order valence-corrected chi connectivity index (χ2v) is 7.68. The van der Waals surface area contributed by atoms with E-state index in [2.05, 4.69) is 20.7 Å². The SMILES string of the molecule is O=S(=O)(N[C@H]1CC[C@@H](O)CC1)c1ccc(Br)c(Cl)c1. The lowest BCUT2D eigenvalue weighted by atomic mass is 9.94. The first kappa shape index (κ1) is 15.3. The maximum atomic E-state index is 12.2. The Labute approximate surface area is 126 Å². The fourth-order valence-electron chi connectivity index (χ4n) is 2.13. The minimum atomic E-state index is -3.55. The molecule has 1 aliphatic rings. The summed E-state index contributed by atoms with van der Waals surface area (Å²) in [5.74, 6) is 0. The average molecular weight is 369 g/mol. The van der Waals surface area contributed by atoms with Crippen molar-refractivity contribution in [3.8, 4) is 0 Å². The summed E-state index contributed by atoms with van der Waals surface area (Å²) in [5, 5.41) is 9.77. The van der Waals surface area contributed by atoms with Gasteiger partial charge in [-0.2, -0.15) is 0 Å². The van der Waals surface area contributed by atoms with E-state index in [0.717, 1.165) is 0 Å². The van der Waals surface area contributed by atoms with Crippen LogP contribution in [0.4, 0.5) is 0 Å². The first-order valence-electron chi connectivity index (χ1n) is 6.04. The van der Waals surface area contributed by atoms with Crippen LogP contribution in [-0.2, 0) is 10.0 Å². The van der Waals surface area contributed by atoms with Crippen molar-refractivity contribution in [3.63, 3.8) is 0 Å². The highest BCUT2D eigenvalue weighted by molar-refractivity contribution is 9.10. The number of nitrogens with one attached hydrogen (secondary N) is 1. The number of aliphatic hydroxyl groups is 1. The average Bonchev–Trinajstić information content (AvgIpc) is 2.35. The predicted octanol–water partition coefficient (Wildman–Crippen LogP) is 2.68. The van der Waals surface area contributed by atoms with Gasteiger partial charge in [0.15, 0.2) is 0 Å². The van der Waals surface area contributed by atoms with Crippen LogP contribution < -0.4 is 4.72 Å². The molecule has 0 aromatic heterocycles. The Morgan fingerprint density at radius 2 is 1.89 bits per heavy atom. The summed E-state index contributed by atoms with van der Waals surface area (Å²) in [6.45, 7) is 0. The Hall–Kier alpha value is -0.140. The Morgan fingerprint density at radius 1 is 1.26 bits per heavy atom. The molecule has 4 nitrogen and oxygen atoms in total. The van der Waals surface area contributed by atoms with E-state index in [9.17, 15) is 13.5 Å². The van der Waals surface area contributed by atoms with Crippen molar-refractivity contribution in [3.05, 3.63) is 27.7 Å². The van der Waals surface area contributed by atoms with Gasteiger partial charge in [-0.05, 0) is 59.8 Å². The molecule has 0 bridgehead atoms. The molecule has 0 amide bonds. The molecular weight excluding hydrogens is 354 g/mol. The van der Waals surface area contributed by atoms with Gasteiger partial charge in [0, 0.05) is 10.5 Å². The fourth-order valence-corrected chi connectivity index (χ4v) is 3.95. The number of halogens is 2. The molecule has 1 aromatic carbocycles. The van der Waals surface area contributed by atoms with E-state index in [1.165, 1.54) is 12.1 Å². The number of hydrogen-bond acceptors (Lipinski definition) is 3. The van der Waals surface area contributed by atoms with Gasteiger partial charge in [0.1, 0.15) is 0 Å². The molecule has 7 heteroatoms. The zero-order chi connectivity index (χ0) is 14.0. The van der Waals surface area contributed by atoms with Crippen molar-refractivity contribution in [2.45, 2.75) is 42.7 Å². The molecule has 0 aliphatic heterocycles. The summed E-state index contributed by atoms with van der Waals surface area (Å²) < 4.78 is 27.7. The summed E-state index contributed by atoms with van der Waals surface area (Å²) >= 11 is 9.14. The van der Waals surface area contributed by atoms with Crippen LogP contribution in [0, 0.1) is 0 Å². The van der Waals surface area contributed by atoms with E-state index in [0.29, 0.717) is 35.2 Å². The standard InChI is InChI=1S/C12H15BrClNO3S/c13-11-6-5-10(7-12(11)14)19(17,18)15-8-1-3-9(16)4-2-8/h5-9,15-16H,1-4H2/t8-,9+. The van der Waals surface area contributed by atoms with Crippen molar-refractivity contribution < 1.29 is 13.5 Å². The fraction of sp³-hybridized carbons (Fsp3) is 0.500. The van der Waals surface area contributed by atoms with Crippen LogP contribution >= 0.6 is 27.5 Å². The Kier molecular flexibility index (Phi) is 4.89. The minimum absolute atomic E-state index is 0.115. The van der Waals surface area contributed by atoms with E-state index in [4.69, 9.17) is 11.6 Å². The van der Waals surface area contributed by atoms with E-state index < -0.39 is 10.0 Å². The number of benzene rings is 1.